The van der Waals surface area contributed by atoms with E-state index in [1.807, 2.05) is 4.90 Å². The van der Waals surface area contributed by atoms with Gasteiger partial charge in [-0.2, -0.15) is 0 Å². The molecule has 2 aliphatic rings. The summed E-state index contributed by atoms with van der Waals surface area (Å²) in [6.45, 7) is 5.49. The summed E-state index contributed by atoms with van der Waals surface area (Å²) in [6.07, 6.45) is 2.05. The van der Waals surface area contributed by atoms with Crippen LogP contribution in [-0.4, -0.2) is 65.8 Å². The van der Waals surface area contributed by atoms with Crippen molar-refractivity contribution in [3.8, 4) is 0 Å². The Kier molecular flexibility index (Phi) is 4.52. The summed E-state index contributed by atoms with van der Waals surface area (Å²) in [5, 5.41) is 9.19. The molecule has 2 amide bonds. The first kappa shape index (κ1) is 15.1. The molecule has 1 N–H and O–H groups in total. The Morgan fingerprint density at radius 1 is 1.35 bits per heavy atom. The van der Waals surface area contributed by atoms with Crippen LogP contribution in [0.3, 0.4) is 0 Å². The summed E-state index contributed by atoms with van der Waals surface area (Å²) < 4.78 is 5.25. The second kappa shape index (κ2) is 5.99. The van der Waals surface area contributed by atoms with Crippen LogP contribution in [-0.2, 0) is 9.53 Å². The van der Waals surface area contributed by atoms with Crippen molar-refractivity contribution in [1.82, 2.24) is 9.80 Å². The van der Waals surface area contributed by atoms with Gasteiger partial charge in [0.25, 0.3) is 0 Å². The minimum absolute atomic E-state index is 0.0667. The predicted octanol–water partition coefficient (Wildman–Crippen LogP) is 1.26. The third kappa shape index (κ3) is 2.75. The zero-order chi connectivity index (χ0) is 14.9. The zero-order valence-corrected chi connectivity index (χ0v) is 12.4. The van der Waals surface area contributed by atoms with E-state index in [-0.39, 0.29) is 24.7 Å². The lowest BCUT2D eigenvalue weighted by Gasteiger charge is -2.35. The molecule has 2 saturated heterocycles. The highest BCUT2D eigenvalue weighted by atomic mass is 16.5. The summed E-state index contributed by atoms with van der Waals surface area (Å²) in [5.41, 5.74) is 0. The van der Waals surface area contributed by atoms with Crippen molar-refractivity contribution < 1.29 is 19.4 Å². The van der Waals surface area contributed by atoms with Crippen molar-refractivity contribution >= 4 is 12.0 Å². The minimum Gasteiger partial charge on any atom is -0.481 e. The number of ether oxygens (including phenoxy) is 1. The van der Waals surface area contributed by atoms with Gasteiger partial charge in [0.15, 0.2) is 0 Å². The number of likely N-dealkylation sites (tertiary alicyclic amines) is 1. The number of hydrogen-bond acceptors (Lipinski definition) is 3. The third-order valence-corrected chi connectivity index (χ3v) is 4.48. The van der Waals surface area contributed by atoms with E-state index in [0.717, 1.165) is 19.4 Å². The molecular weight excluding hydrogens is 260 g/mol. The maximum absolute atomic E-state index is 12.6. The van der Waals surface area contributed by atoms with Crippen molar-refractivity contribution in [2.75, 3.05) is 26.8 Å². The largest absolute Gasteiger partial charge is 0.481 e. The fraction of sp³-hybridized carbons (Fsp3) is 0.857. The summed E-state index contributed by atoms with van der Waals surface area (Å²) in [4.78, 5) is 27.3. The van der Waals surface area contributed by atoms with E-state index in [9.17, 15) is 14.7 Å². The Bertz CT molecular complexity index is 385. The molecule has 2 fully saturated rings. The molecule has 0 aromatic heterocycles. The highest BCUT2D eigenvalue weighted by molar-refractivity contribution is 5.77. The number of hydrogen-bond donors (Lipinski definition) is 1. The highest BCUT2D eigenvalue weighted by Crippen LogP contribution is 2.27. The topological polar surface area (TPSA) is 70.1 Å². The molecule has 3 unspecified atom stereocenters. The average Bonchev–Trinajstić information content (AvgIpc) is 3.05. The number of rotatable bonds is 3. The average molecular weight is 284 g/mol. The Balaban J connectivity index is 2.06. The summed E-state index contributed by atoms with van der Waals surface area (Å²) in [6, 6.07) is -0.174. The first-order chi connectivity index (χ1) is 9.43. The molecule has 2 heterocycles. The van der Waals surface area contributed by atoms with E-state index in [1.54, 1.807) is 11.9 Å². The number of aliphatic carboxylic acids is 1. The number of urea groups is 1. The van der Waals surface area contributed by atoms with Gasteiger partial charge in [-0.05, 0) is 18.8 Å². The standard InChI is InChI=1S/C14H24N2O4/c1-9(2)11-5-4-6-16(11)14(19)15(3)12-8-20-7-10(12)13(17)18/h9-12H,4-8H2,1-3H3,(H,17,18). The Labute approximate surface area is 119 Å². The second-order valence-electron chi connectivity index (χ2n) is 6.09. The molecule has 0 aromatic rings. The fourth-order valence-corrected chi connectivity index (χ4v) is 3.23. The highest BCUT2D eigenvalue weighted by Gasteiger charge is 2.41. The molecule has 0 aromatic carbocycles. The van der Waals surface area contributed by atoms with Gasteiger partial charge < -0.3 is 19.6 Å². The first-order valence-corrected chi connectivity index (χ1v) is 7.27. The van der Waals surface area contributed by atoms with Gasteiger partial charge in [-0.1, -0.05) is 13.8 Å². The van der Waals surface area contributed by atoms with Gasteiger partial charge in [0.1, 0.15) is 5.92 Å². The lowest BCUT2D eigenvalue weighted by Crippen LogP contribution is -2.52. The van der Waals surface area contributed by atoms with Crippen molar-refractivity contribution in [3.63, 3.8) is 0 Å². The van der Waals surface area contributed by atoms with Crippen LogP contribution < -0.4 is 0 Å². The Hall–Kier alpha value is -1.30. The van der Waals surface area contributed by atoms with E-state index in [0.29, 0.717) is 12.5 Å². The molecule has 0 bridgehead atoms. The SMILES string of the molecule is CC(C)C1CCCN1C(=O)N(C)C1COCC1C(=O)O. The fourth-order valence-electron chi connectivity index (χ4n) is 3.23. The molecule has 20 heavy (non-hydrogen) atoms. The summed E-state index contributed by atoms with van der Waals surface area (Å²) >= 11 is 0. The first-order valence-electron chi connectivity index (χ1n) is 7.27. The van der Waals surface area contributed by atoms with E-state index in [1.165, 1.54) is 0 Å². The van der Waals surface area contributed by atoms with Gasteiger partial charge >= 0.3 is 12.0 Å². The van der Waals surface area contributed by atoms with E-state index < -0.39 is 11.9 Å². The quantitative estimate of drug-likeness (QED) is 0.847. The number of carbonyl (C=O) groups is 2. The number of nitrogens with zero attached hydrogens (tertiary/aromatic N) is 2. The number of carbonyl (C=O) groups excluding carboxylic acids is 1. The summed E-state index contributed by atoms with van der Waals surface area (Å²) in [7, 11) is 1.69. The molecule has 0 saturated carbocycles. The van der Waals surface area contributed by atoms with Gasteiger partial charge in [-0.15, -0.1) is 0 Å². The number of likely N-dealkylation sites (N-methyl/N-ethyl adjacent to an activating group) is 1. The van der Waals surface area contributed by atoms with Crippen LogP contribution in [0.15, 0.2) is 0 Å². The van der Waals surface area contributed by atoms with Crippen LogP contribution in [0.5, 0.6) is 0 Å². The van der Waals surface area contributed by atoms with Gasteiger partial charge in [0.2, 0.25) is 0 Å². The van der Waals surface area contributed by atoms with Crippen molar-refractivity contribution in [1.29, 1.82) is 0 Å². The van der Waals surface area contributed by atoms with Gasteiger partial charge in [0.05, 0.1) is 19.3 Å². The lowest BCUT2D eigenvalue weighted by atomic mass is 10.0. The van der Waals surface area contributed by atoms with Crippen LogP contribution >= 0.6 is 0 Å². The third-order valence-electron chi connectivity index (χ3n) is 4.48. The molecule has 114 valence electrons. The monoisotopic (exact) mass is 284 g/mol. The van der Waals surface area contributed by atoms with Crippen LogP contribution in [0.25, 0.3) is 0 Å². The number of carboxylic acid groups (broad SMARTS) is 1. The van der Waals surface area contributed by atoms with E-state index in [4.69, 9.17) is 4.74 Å². The molecule has 0 radical (unpaired) electrons. The van der Waals surface area contributed by atoms with Crippen LogP contribution in [0.1, 0.15) is 26.7 Å². The normalized spacial score (nSPS) is 30.0. The van der Waals surface area contributed by atoms with Gasteiger partial charge in [-0.25, -0.2) is 4.79 Å². The molecule has 2 aliphatic heterocycles. The molecule has 6 nitrogen and oxygen atoms in total. The van der Waals surface area contributed by atoms with E-state index >= 15 is 0 Å². The Morgan fingerprint density at radius 2 is 2.05 bits per heavy atom. The van der Waals surface area contributed by atoms with Gasteiger partial charge in [-0.3, -0.25) is 4.79 Å². The molecule has 0 aliphatic carbocycles. The second-order valence-corrected chi connectivity index (χ2v) is 6.09. The molecule has 2 rings (SSSR count). The predicted molar refractivity (Wildman–Crippen MR) is 73.5 cm³/mol. The molecule has 6 heteroatoms. The van der Waals surface area contributed by atoms with Crippen molar-refractivity contribution in [2.45, 2.75) is 38.8 Å². The number of amides is 2. The van der Waals surface area contributed by atoms with Crippen LogP contribution in [0, 0.1) is 11.8 Å². The van der Waals surface area contributed by atoms with Crippen molar-refractivity contribution in [2.24, 2.45) is 11.8 Å². The number of carboxylic acids is 1. The summed E-state index contributed by atoms with van der Waals surface area (Å²) in [5.74, 6) is -1.09. The molecule has 3 atom stereocenters. The smallest absolute Gasteiger partial charge is 0.320 e. The minimum atomic E-state index is -0.894. The Morgan fingerprint density at radius 3 is 2.65 bits per heavy atom. The van der Waals surface area contributed by atoms with Crippen molar-refractivity contribution in [3.05, 3.63) is 0 Å². The maximum Gasteiger partial charge on any atom is 0.320 e. The van der Waals surface area contributed by atoms with Gasteiger partial charge in [0, 0.05) is 19.6 Å². The van der Waals surface area contributed by atoms with Crippen LogP contribution in [0.4, 0.5) is 4.79 Å². The van der Waals surface area contributed by atoms with E-state index in [2.05, 4.69) is 13.8 Å². The molecular formula is C14H24N2O4. The lowest BCUT2D eigenvalue weighted by molar-refractivity contribution is -0.142. The maximum atomic E-state index is 12.6. The molecule has 0 spiro atoms. The van der Waals surface area contributed by atoms with Crippen LogP contribution in [0.2, 0.25) is 0 Å². The zero-order valence-electron chi connectivity index (χ0n) is 12.4.